The molecule has 0 aliphatic carbocycles. The van der Waals surface area contributed by atoms with Crippen LogP contribution in [0.2, 0.25) is 0 Å². The Labute approximate surface area is 110 Å². The third kappa shape index (κ3) is 2.30. The summed E-state index contributed by atoms with van der Waals surface area (Å²) in [6.45, 7) is 1.98. The molecule has 0 amide bonds. The maximum Gasteiger partial charge on any atom is 0.186 e. The fourth-order valence-corrected chi connectivity index (χ4v) is 3.79. The Balaban J connectivity index is 2.64. The van der Waals surface area contributed by atoms with E-state index in [0.717, 1.165) is 28.7 Å². The van der Waals surface area contributed by atoms with Gasteiger partial charge in [-0.2, -0.15) is 5.26 Å². The fraction of sp³-hybridized carbons (Fsp3) is 0.154. The topological polar surface area (TPSA) is 57.9 Å². The van der Waals surface area contributed by atoms with E-state index in [1.807, 2.05) is 37.3 Å². The van der Waals surface area contributed by atoms with Crippen molar-refractivity contribution in [1.29, 1.82) is 5.26 Å². The van der Waals surface area contributed by atoms with E-state index in [1.165, 1.54) is 0 Å². The van der Waals surface area contributed by atoms with Crippen molar-refractivity contribution in [2.45, 2.75) is 11.1 Å². The summed E-state index contributed by atoms with van der Waals surface area (Å²) in [6, 6.07) is 9.66. The molecule has 0 aliphatic rings. The van der Waals surface area contributed by atoms with E-state index in [0.29, 0.717) is 5.56 Å². The standard InChI is InChI=1S/C13H11NO2S2/c1-9-3-5-10(6-4-9)12-8-17-13(11(12)7-14)18(2,15)16/h3-6,8H,1-2H3. The summed E-state index contributed by atoms with van der Waals surface area (Å²) in [7, 11) is -3.34. The molecule has 0 N–H and O–H groups in total. The second-order valence-electron chi connectivity index (χ2n) is 4.06. The van der Waals surface area contributed by atoms with Gasteiger partial charge in [-0.25, -0.2) is 8.42 Å². The molecule has 1 aromatic carbocycles. The van der Waals surface area contributed by atoms with Gasteiger partial charge >= 0.3 is 0 Å². The zero-order chi connectivity index (χ0) is 13.3. The Kier molecular flexibility index (Phi) is 3.24. The number of nitriles is 1. The van der Waals surface area contributed by atoms with Crippen LogP contribution in [0.4, 0.5) is 0 Å². The van der Waals surface area contributed by atoms with Crippen LogP contribution in [-0.4, -0.2) is 14.7 Å². The predicted octanol–water partition coefficient (Wildman–Crippen LogP) is 3.00. The number of thiophene rings is 1. The summed E-state index contributed by atoms with van der Waals surface area (Å²) in [6.07, 6.45) is 1.12. The molecule has 0 saturated heterocycles. The highest BCUT2D eigenvalue weighted by Gasteiger charge is 2.20. The lowest BCUT2D eigenvalue weighted by Gasteiger charge is -2.00. The van der Waals surface area contributed by atoms with Gasteiger partial charge in [0.05, 0.1) is 5.56 Å². The number of aryl methyl sites for hydroxylation is 1. The number of benzene rings is 1. The number of sulfone groups is 1. The average Bonchev–Trinajstić information content (AvgIpc) is 2.73. The lowest BCUT2D eigenvalue weighted by atomic mass is 10.0. The van der Waals surface area contributed by atoms with Crippen molar-refractivity contribution in [2.75, 3.05) is 6.26 Å². The van der Waals surface area contributed by atoms with E-state index < -0.39 is 9.84 Å². The third-order valence-electron chi connectivity index (χ3n) is 2.57. The third-order valence-corrected chi connectivity index (χ3v) is 5.41. The summed E-state index contributed by atoms with van der Waals surface area (Å²) < 4.78 is 23.3. The second kappa shape index (κ2) is 4.56. The smallest absolute Gasteiger partial charge is 0.186 e. The first kappa shape index (κ1) is 12.8. The molecule has 1 aromatic heterocycles. The largest absolute Gasteiger partial charge is 0.223 e. The zero-order valence-electron chi connectivity index (χ0n) is 9.97. The summed E-state index contributed by atoms with van der Waals surface area (Å²) in [4.78, 5) is 0. The van der Waals surface area contributed by atoms with E-state index in [9.17, 15) is 8.42 Å². The second-order valence-corrected chi connectivity index (χ2v) is 7.15. The van der Waals surface area contributed by atoms with Crippen molar-refractivity contribution in [3.63, 3.8) is 0 Å². The van der Waals surface area contributed by atoms with Crippen molar-refractivity contribution >= 4 is 21.2 Å². The summed E-state index contributed by atoms with van der Waals surface area (Å²) in [5.74, 6) is 0. The average molecular weight is 277 g/mol. The highest BCUT2D eigenvalue weighted by molar-refractivity contribution is 7.92. The predicted molar refractivity (Wildman–Crippen MR) is 72.3 cm³/mol. The molecule has 3 nitrogen and oxygen atoms in total. The van der Waals surface area contributed by atoms with Gasteiger partial charge in [0.2, 0.25) is 0 Å². The highest BCUT2D eigenvalue weighted by Crippen LogP contribution is 2.34. The van der Waals surface area contributed by atoms with Gasteiger partial charge < -0.3 is 0 Å². The fourth-order valence-electron chi connectivity index (χ4n) is 1.66. The minimum absolute atomic E-state index is 0.139. The molecular formula is C13H11NO2S2. The van der Waals surface area contributed by atoms with Crippen LogP contribution in [0.5, 0.6) is 0 Å². The van der Waals surface area contributed by atoms with Crippen molar-refractivity contribution in [2.24, 2.45) is 0 Å². The number of nitrogens with zero attached hydrogens (tertiary/aromatic N) is 1. The first-order valence-electron chi connectivity index (χ1n) is 5.22. The molecule has 0 spiro atoms. The van der Waals surface area contributed by atoms with Gasteiger partial charge in [-0.3, -0.25) is 0 Å². The molecule has 0 aliphatic heterocycles. The van der Waals surface area contributed by atoms with Crippen molar-refractivity contribution < 1.29 is 8.42 Å². The number of hydrogen-bond acceptors (Lipinski definition) is 4. The normalized spacial score (nSPS) is 11.2. The Bertz CT molecular complexity index is 719. The van der Waals surface area contributed by atoms with Crippen molar-refractivity contribution in [3.8, 4) is 17.2 Å². The summed E-state index contributed by atoms with van der Waals surface area (Å²) in [5.41, 5.74) is 2.91. The van der Waals surface area contributed by atoms with E-state index in [-0.39, 0.29) is 9.77 Å². The Morgan fingerprint density at radius 2 is 1.83 bits per heavy atom. The van der Waals surface area contributed by atoms with Crippen LogP contribution in [0, 0.1) is 18.3 Å². The first-order chi connectivity index (χ1) is 8.43. The highest BCUT2D eigenvalue weighted by atomic mass is 32.2. The Hall–Kier alpha value is -1.64. The lowest BCUT2D eigenvalue weighted by molar-refractivity contribution is 0.603. The molecular weight excluding hydrogens is 266 g/mol. The van der Waals surface area contributed by atoms with Crippen molar-refractivity contribution in [3.05, 3.63) is 40.8 Å². The molecule has 2 aromatic rings. The van der Waals surface area contributed by atoms with Crippen molar-refractivity contribution in [1.82, 2.24) is 0 Å². The molecule has 5 heteroatoms. The maximum absolute atomic E-state index is 11.6. The van der Waals surface area contributed by atoms with Gasteiger partial charge in [0.15, 0.2) is 9.84 Å². The van der Waals surface area contributed by atoms with Gasteiger partial charge in [-0.1, -0.05) is 29.8 Å². The quantitative estimate of drug-likeness (QED) is 0.848. The molecule has 0 atom stereocenters. The summed E-state index contributed by atoms with van der Waals surface area (Å²) >= 11 is 1.10. The minimum Gasteiger partial charge on any atom is -0.223 e. The van der Waals surface area contributed by atoms with Crippen LogP contribution in [-0.2, 0) is 9.84 Å². The SMILES string of the molecule is Cc1ccc(-c2csc(S(C)(=O)=O)c2C#N)cc1. The molecule has 18 heavy (non-hydrogen) atoms. The minimum atomic E-state index is -3.34. The maximum atomic E-state index is 11.6. The van der Waals surface area contributed by atoms with Gasteiger partial charge in [0.25, 0.3) is 0 Å². The van der Waals surface area contributed by atoms with Crippen LogP contribution in [0.1, 0.15) is 11.1 Å². The van der Waals surface area contributed by atoms with Crippen LogP contribution >= 0.6 is 11.3 Å². The van der Waals surface area contributed by atoms with Crippen LogP contribution < -0.4 is 0 Å². The van der Waals surface area contributed by atoms with E-state index >= 15 is 0 Å². The van der Waals surface area contributed by atoms with E-state index in [1.54, 1.807) is 5.38 Å². The Morgan fingerprint density at radius 1 is 1.22 bits per heavy atom. The molecule has 0 radical (unpaired) electrons. The molecule has 0 fully saturated rings. The number of hydrogen-bond donors (Lipinski definition) is 0. The van der Waals surface area contributed by atoms with Gasteiger partial charge in [0.1, 0.15) is 10.3 Å². The number of rotatable bonds is 2. The molecule has 92 valence electrons. The van der Waals surface area contributed by atoms with E-state index in [4.69, 9.17) is 5.26 Å². The van der Waals surface area contributed by atoms with Gasteiger partial charge in [-0.05, 0) is 12.5 Å². The molecule has 1 heterocycles. The zero-order valence-corrected chi connectivity index (χ0v) is 11.6. The molecule has 0 saturated carbocycles. The lowest BCUT2D eigenvalue weighted by Crippen LogP contribution is -1.96. The molecule has 2 rings (SSSR count). The van der Waals surface area contributed by atoms with E-state index in [2.05, 4.69) is 0 Å². The van der Waals surface area contributed by atoms with Gasteiger partial charge in [-0.15, -0.1) is 11.3 Å². The molecule has 0 unspecified atom stereocenters. The monoisotopic (exact) mass is 277 g/mol. The van der Waals surface area contributed by atoms with Crippen LogP contribution in [0.15, 0.2) is 33.9 Å². The first-order valence-corrected chi connectivity index (χ1v) is 7.99. The summed E-state index contributed by atoms with van der Waals surface area (Å²) in [5, 5.41) is 10.9. The van der Waals surface area contributed by atoms with Crippen LogP contribution in [0.3, 0.4) is 0 Å². The van der Waals surface area contributed by atoms with Crippen LogP contribution in [0.25, 0.3) is 11.1 Å². The molecule has 0 bridgehead atoms. The Morgan fingerprint density at radius 3 is 2.33 bits per heavy atom. The van der Waals surface area contributed by atoms with Gasteiger partial charge in [0, 0.05) is 17.2 Å².